The van der Waals surface area contributed by atoms with Crippen molar-refractivity contribution in [2.75, 3.05) is 6.54 Å². The molecule has 1 unspecified atom stereocenters. The lowest BCUT2D eigenvalue weighted by molar-refractivity contribution is -0.137. The lowest BCUT2D eigenvalue weighted by Crippen LogP contribution is -2.37. The number of aliphatic carboxylic acids is 1. The van der Waals surface area contributed by atoms with Crippen LogP contribution < -0.4 is 10.6 Å². The highest BCUT2D eigenvalue weighted by molar-refractivity contribution is 5.96. The summed E-state index contributed by atoms with van der Waals surface area (Å²) in [5.41, 5.74) is 2.06. The van der Waals surface area contributed by atoms with E-state index in [1.807, 2.05) is 12.2 Å². The molecule has 2 aliphatic carbocycles. The van der Waals surface area contributed by atoms with E-state index in [0.717, 1.165) is 12.8 Å². The number of hydrogen-bond acceptors (Lipinski definition) is 3. The third-order valence-electron chi connectivity index (χ3n) is 7.34. The molecular weight excluding hydrogens is 424 g/mol. The largest absolute Gasteiger partial charge is 0.481 e. The summed E-state index contributed by atoms with van der Waals surface area (Å²) in [6.45, 7) is 2.67. The van der Waals surface area contributed by atoms with Crippen molar-refractivity contribution in [2.45, 2.75) is 64.0 Å². The van der Waals surface area contributed by atoms with E-state index < -0.39 is 5.97 Å². The molecule has 5 heteroatoms. The summed E-state index contributed by atoms with van der Waals surface area (Å²) in [7, 11) is 0. The molecule has 2 aliphatic rings. The van der Waals surface area contributed by atoms with E-state index in [1.54, 1.807) is 0 Å². The molecule has 2 aromatic rings. The molecule has 1 fully saturated rings. The van der Waals surface area contributed by atoms with Crippen LogP contribution in [0.3, 0.4) is 0 Å². The summed E-state index contributed by atoms with van der Waals surface area (Å²) in [5.74, 6) is 0.160. The van der Waals surface area contributed by atoms with E-state index in [0.29, 0.717) is 42.5 Å². The second kappa shape index (κ2) is 11.5. The molecule has 0 radical (unpaired) electrons. The number of hydrogen-bond donors (Lipinski definition) is 3. The number of rotatable bonds is 9. The van der Waals surface area contributed by atoms with Gasteiger partial charge in [0.2, 0.25) is 0 Å². The minimum atomic E-state index is -0.833. The van der Waals surface area contributed by atoms with Crippen LogP contribution in [0.2, 0.25) is 0 Å². The lowest BCUT2D eigenvalue weighted by Gasteiger charge is -2.36. The molecule has 0 bridgehead atoms. The van der Waals surface area contributed by atoms with Gasteiger partial charge in [-0.05, 0) is 67.2 Å². The number of carboxylic acids is 1. The number of carboxylic acid groups (broad SMARTS) is 1. The van der Waals surface area contributed by atoms with Crippen molar-refractivity contribution in [3.63, 3.8) is 0 Å². The van der Waals surface area contributed by atoms with Gasteiger partial charge in [-0.3, -0.25) is 9.59 Å². The first-order chi connectivity index (χ1) is 16.5. The molecule has 1 amide bonds. The Morgan fingerprint density at radius 3 is 2.74 bits per heavy atom. The van der Waals surface area contributed by atoms with Crippen molar-refractivity contribution in [3.05, 3.63) is 71.8 Å². The molecule has 5 nitrogen and oxygen atoms in total. The molecule has 4 rings (SSSR count). The van der Waals surface area contributed by atoms with Crippen molar-refractivity contribution in [3.8, 4) is 0 Å². The molecule has 2 aromatic carbocycles. The third-order valence-corrected chi connectivity index (χ3v) is 7.34. The summed E-state index contributed by atoms with van der Waals surface area (Å²) >= 11 is 0. The first kappa shape index (κ1) is 24.2. The Labute approximate surface area is 202 Å². The SMILES string of the molecule is C[C@@H](N[C@H]1CCC[C@H](C2C=CC(C(=O)NCCCC(=O)O)=CC2)C1)c1cccc2ccccc12. The quantitative estimate of drug-likeness (QED) is 0.430. The second-order valence-corrected chi connectivity index (χ2v) is 9.75. The Hall–Kier alpha value is -2.92. The third kappa shape index (κ3) is 6.15. The van der Waals surface area contributed by atoms with Gasteiger partial charge >= 0.3 is 5.97 Å². The van der Waals surface area contributed by atoms with Gasteiger partial charge in [-0.2, -0.15) is 0 Å². The fraction of sp³-hybridized carbons (Fsp3) is 0.448. The number of fused-ring (bicyclic) bond motifs is 1. The van der Waals surface area contributed by atoms with Crippen LogP contribution >= 0.6 is 0 Å². The van der Waals surface area contributed by atoms with Gasteiger partial charge in [0.15, 0.2) is 0 Å². The fourth-order valence-electron chi connectivity index (χ4n) is 5.54. The summed E-state index contributed by atoms with van der Waals surface area (Å²) in [5, 5.41) is 18.1. The van der Waals surface area contributed by atoms with E-state index in [4.69, 9.17) is 5.11 Å². The van der Waals surface area contributed by atoms with E-state index >= 15 is 0 Å². The van der Waals surface area contributed by atoms with Crippen molar-refractivity contribution < 1.29 is 14.7 Å². The van der Waals surface area contributed by atoms with Gasteiger partial charge in [-0.25, -0.2) is 0 Å². The highest BCUT2D eigenvalue weighted by Gasteiger charge is 2.29. The maximum Gasteiger partial charge on any atom is 0.303 e. The molecule has 0 aromatic heterocycles. The van der Waals surface area contributed by atoms with Crippen LogP contribution in [0.4, 0.5) is 0 Å². The lowest BCUT2D eigenvalue weighted by atomic mass is 9.74. The van der Waals surface area contributed by atoms with Crippen LogP contribution in [-0.2, 0) is 9.59 Å². The van der Waals surface area contributed by atoms with Crippen LogP contribution in [-0.4, -0.2) is 29.6 Å². The molecular formula is C29H36N2O3. The Bertz CT molecular complexity index is 1070. The first-order valence-corrected chi connectivity index (χ1v) is 12.6. The van der Waals surface area contributed by atoms with Crippen molar-refractivity contribution in [1.29, 1.82) is 0 Å². The summed E-state index contributed by atoms with van der Waals surface area (Å²) in [4.78, 5) is 22.9. The average molecular weight is 461 g/mol. The number of carbonyl (C=O) groups excluding carboxylic acids is 1. The monoisotopic (exact) mass is 460 g/mol. The zero-order chi connectivity index (χ0) is 23.9. The van der Waals surface area contributed by atoms with E-state index in [2.05, 4.69) is 66.1 Å². The topological polar surface area (TPSA) is 78.4 Å². The summed E-state index contributed by atoms with van der Waals surface area (Å²) in [6.07, 6.45) is 12.5. The predicted octanol–water partition coefficient (Wildman–Crippen LogP) is 5.53. The smallest absolute Gasteiger partial charge is 0.303 e. The maximum atomic E-state index is 12.3. The molecule has 180 valence electrons. The Morgan fingerprint density at radius 1 is 1.12 bits per heavy atom. The van der Waals surface area contributed by atoms with Gasteiger partial charge in [0.05, 0.1) is 0 Å². The number of allylic oxidation sites excluding steroid dienone is 2. The predicted molar refractivity (Wildman–Crippen MR) is 136 cm³/mol. The number of nitrogens with one attached hydrogen (secondary N) is 2. The molecule has 0 spiro atoms. The number of benzene rings is 2. The van der Waals surface area contributed by atoms with Crippen LogP contribution in [0.15, 0.2) is 66.3 Å². The van der Waals surface area contributed by atoms with Gasteiger partial charge in [0.1, 0.15) is 0 Å². The highest BCUT2D eigenvalue weighted by Crippen LogP contribution is 2.36. The van der Waals surface area contributed by atoms with Gasteiger partial charge in [0, 0.05) is 30.6 Å². The van der Waals surface area contributed by atoms with Gasteiger partial charge < -0.3 is 15.7 Å². The fourth-order valence-corrected chi connectivity index (χ4v) is 5.54. The maximum absolute atomic E-state index is 12.3. The van der Waals surface area contributed by atoms with Gasteiger partial charge in [-0.1, -0.05) is 67.1 Å². The molecule has 0 aliphatic heterocycles. The average Bonchev–Trinajstić information content (AvgIpc) is 2.86. The van der Waals surface area contributed by atoms with Crippen molar-refractivity contribution in [2.24, 2.45) is 11.8 Å². The standard InChI is InChI=1S/C29H36N2O3/c1-20(26-12-5-8-22-7-2-3-11-27(22)26)31-25-10-4-9-24(19-25)21-14-16-23(17-15-21)29(34)30-18-6-13-28(32)33/h2-3,5,7-8,11-12,14,16-17,20-21,24-25,31H,4,6,9-10,13,15,18-19H2,1H3,(H,30,34)(H,32,33)/t20-,21?,24+,25+/m1/s1. The number of carbonyl (C=O) groups is 2. The number of amides is 1. The molecule has 0 heterocycles. The normalized spacial score (nSPS) is 23.3. The summed E-state index contributed by atoms with van der Waals surface area (Å²) in [6, 6.07) is 16.0. The molecule has 0 saturated heterocycles. The van der Waals surface area contributed by atoms with Gasteiger partial charge in [0.25, 0.3) is 5.91 Å². The van der Waals surface area contributed by atoms with Crippen molar-refractivity contribution in [1.82, 2.24) is 10.6 Å². The van der Waals surface area contributed by atoms with Crippen LogP contribution in [0.5, 0.6) is 0 Å². The van der Waals surface area contributed by atoms with E-state index in [-0.39, 0.29) is 12.3 Å². The first-order valence-electron chi connectivity index (χ1n) is 12.6. The Balaban J connectivity index is 1.29. The zero-order valence-electron chi connectivity index (χ0n) is 20.0. The summed E-state index contributed by atoms with van der Waals surface area (Å²) < 4.78 is 0. The second-order valence-electron chi connectivity index (χ2n) is 9.75. The molecule has 4 atom stereocenters. The minimum Gasteiger partial charge on any atom is -0.481 e. The molecule has 1 saturated carbocycles. The molecule has 34 heavy (non-hydrogen) atoms. The van der Waals surface area contributed by atoms with Crippen molar-refractivity contribution >= 4 is 22.6 Å². The van der Waals surface area contributed by atoms with Crippen LogP contribution in [0, 0.1) is 11.8 Å². The zero-order valence-corrected chi connectivity index (χ0v) is 20.0. The van der Waals surface area contributed by atoms with Gasteiger partial charge in [-0.15, -0.1) is 0 Å². The van der Waals surface area contributed by atoms with E-state index in [9.17, 15) is 9.59 Å². The highest BCUT2D eigenvalue weighted by atomic mass is 16.4. The molecule has 3 N–H and O–H groups in total. The Morgan fingerprint density at radius 2 is 1.94 bits per heavy atom. The van der Waals surface area contributed by atoms with Crippen LogP contribution in [0.25, 0.3) is 10.8 Å². The Kier molecular flexibility index (Phi) is 8.17. The minimum absolute atomic E-state index is 0.0766. The van der Waals surface area contributed by atoms with E-state index in [1.165, 1.54) is 35.6 Å². The van der Waals surface area contributed by atoms with Crippen LogP contribution in [0.1, 0.15) is 63.5 Å².